The van der Waals surface area contributed by atoms with Crippen molar-refractivity contribution in [1.82, 2.24) is 5.43 Å². The van der Waals surface area contributed by atoms with E-state index in [0.29, 0.717) is 18.6 Å². The van der Waals surface area contributed by atoms with E-state index in [9.17, 15) is 9.59 Å². The van der Waals surface area contributed by atoms with Crippen molar-refractivity contribution in [2.75, 3.05) is 0 Å². The Balaban J connectivity index is 2.64. The van der Waals surface area contributed by atoms with Crippen molar-refractivity contribution in [3.8, 4) is 0 Å². The van der Waals surface area contributed by atoms with Crippen LogP contribution in [-0.2, 0) is 9.59 Å². The molecule has 5 nitrogen and oxygen atoms in total. The minimum absolute atomic E-state index is 0.156. The number of nitrogens with zero attached hydrogens (tertiary/aromatic N) is 1. The summed E-state index contributed by atoms with van der Waals surface area (Å²) in [5.74, 6) is -1.67. The average Bonchev–Trinajstić information content (AvgIpc) is 2.04. The summed E-state index contributed by atoms with van der Waals surface area (Å²) in [6.45, 7) is 1.55. The first-order valence-electron chi connectivity index (χ1n) is 3.69. The van der Waals surface area contributed by atoms with Crippen molar-refractivity contribution >= 4 is 17.6 Å². The molecule has 1 rings (SSSR count). The van der Waals surface area contributed by atoms with Crippen molar-refractivity contribution in [3.63, 3.8) is 0 Å². The highest BCUT2D eigenvalue weighted by molar-refractivity contribution is 6.03. The highest BCUT2D eigenvalue weighted by Crippen LogP contribution is 2.08. The Labute approximate surface area is 69.5 Å². The van der Waals surface area contributed by atoms with Crippen LogP contribution < -0.4 is 5.43 Å². The molecule has 0 saturated heterocycles. The van der Waals surface area contributed by atoms with Gasteiger partial charge in [-0.15, -0.1) is 0 Å². The second kappa shape index (κ2) is 3.34. The fourth-order valence-electron chi connectivity index (χ4n) is 0.943. The van der Waals surface area contributed by atoms with Gasteiger partial charge in [-0.25, -0.2) is 5.43 Å². The maximum Gasteiger partial charge on any atom is 0.312 e. The van der Waals surface area contributed by atoms with Crippen molar-refractivity contribution < 1.29 is 14.7 Å². The SMILES string of the molecule is CC(C(=O)O)C1=NNC(=O)CC1. The van der Waals surface area contributed by atoms with Crippen LogP contribution in [0.5, 0.6) is 0 Å². The molecule has 1 aliphatic heterocycles. The third-order valence-corrected chi connectivity index (χ3v) is 1.80. The Kier molecular flexibility index (Phi) is 2.42. The molecular formula is C7H10N2O3. The molecule has 0 spiro atoms. The van der Waals surface area contributed by atoms with Gasteiger partial charge in [-0.3, -0.25) is 9.59 Å². The number of hydrazone groups is 1. The minimum Gasteiger partial charge on any atom is -0.481 e. The van der Waals surface area contributed by atoms with Gasteiger partial charge < -0.3 is 5.11 Å². The Morgan fingerprint density at radius 2 is 2.33 bits per heavy atom. The van der Waals surface area contributed by atoms with Crippen molar-refractivity contribution in [2.24, 2.45) is 11.0 Å². The molecule has 0 radical (unpaired) electrons. The van der Waals surface area contributed by atoms with Gasteiger partial charge in [-0.2, -0.15) is 5.10 Å². The molecule has 1 atom stereocenters. The van der Waals surface area contributed by atoms with Gasteiger partial charge in [-0.1, -0.05) is 0 Å². The van der Waals surface area contributed by atoms with Crippen molar-refractivity contribution in [2.45, 2.75) is 19.8 Å². The third-order valence-electron chi connectivity index (χ3n) is 1.80. The first-order valence-corrected chi connectivity index (χ1v) is 3.69. The van der Waals surface area contributed by atoms with Crippen molar-refractivity contribution in [3.05, 3.63) is 0 Å². The van der Waals surface area contributed by atoms with Gasteiger partial charge in [0, 0.05) is 6.42 Å². The van der Waals surface area contributed by atoms with E-state index in [0.717, 1.165) is 0 Å². The summed E-state index contributed by atoms with van der Waals surface area (Å²) in [7, 11) is 0. The van der Waals surface area contributed by atoms with Crippen LogP contribution in [0.15, 0.2) is 5.10 Å². The van der Waals surface area contributed by atoms with Crippen LogP contribution in [0, 0.1) is 5.92 Å². The largest absolute Gasteiger partial charge is 0.481 e. The minimum atomic E-state index is -0.912. The number of carboxylic acids is 1. The maximum absolute atomic E-state index is 10.6. The molecular weight excluding hydrogens is 160 g/mol. The normalized spacial score (nSPS) is 19.4. The van der Waals surface area contributed by atoms with Crippen LogP contribution in [0.3, 0.4) is 0 Å². The van der Waals surface area contributed by atoms with Crippen molar-refractivity contribution in [1.29, 1.82) is 0 Å². The Morgan fingerprint density at radius 3 is 2.75 bits per heavy atom. The quantitative estimate of drug-likeness (QED) is 0.611. The monoisotopic (exact) mass is 170 g/mol. The summed E-state index contributed by atoms with van der Waals surface area (Å²) in [6, 6.07) is 0. The Morgan fingerprint density at radius 1 is 1.67 bits per heavy atom. The van der Waals surface area contributed by atoms with E-state index in [4.69, 9.17) is 5.11 Å². The fraction of sp³-hybridized carbons (Fsp3) is 0.571. The first kappa shape index (κ1) is 8.70. The summed E-state index contributed by atoms with van der Waals surface area (Å²) in [6.07, 6.45) is 0.774. The van der Waals surface area contributed by atoms with E-state index < -0.39 is 11.9 Å². The van der Waals surface area contributed by atoms with Crippen LogP contribution >= 0.6 is 0 Å². The molecule has 0 aliphatic carbocycles. The number of nitrogens with one attached hydrogen (secondary N) is 1. The molecule has 1 amide bonds. The Hall–Kier alpha value is -1.39. The Bertz CT molecular complexity index is 247. The summed E-state index contributed by atoms with van der Waals surface area (Å²) in [4.78, 5) is 21.1. The number of aliphatic carboxylic acids is 1. The molecule has 0 bridgehead atoms. The molecule has 0 aromatic heterocycles. The fourth-order valence-corrected chi connectivity index (χ4v) is 0.943. The van der Waals surface area contributed by atoms with Crippen LogP contribution in [0.1, 0.15) is 19.8 Å². The predicted molar refractivity (Wildman–Crippen MR) is 41.6 cm³/mol. The van der Waals surface area contributed by atoms with E-state index in [1.807, 2.05) is 0 Å². The molecule has 1 unspecified atom stereocenters. The lowest BCUT2D eigenvalue weighted by Crippen LogP contribution is -2.31. The zero-order valence-electron chi connectivity index (χ0n) is 6.70. The topological polar surface area (TPSA) is 78.8 Å². The smallest absolute Gasteiger partial charge is 0.312 e. The summed E-state index contributed by atoms with van der Waals surface area (Å²) in [5.41, 5.74) is 2.78. The molecule has 0 fully saturated rings. The number of carbonyl (C=O) groups excluding carboxylic acids is 1. The molecule has 1 aliphatic rings. The number of hydrogen-bond acceptors (Lipinski definition) is 3. The van der Waals surface area contributed by atoms with Gasteiger partial charge in [0.2, 0.25) is 5.91 Å². The van der Waals surface area contributed by atoms with Gasteiger partial charge in [0.1, 0.15) is 0 Å². The van der Waals surface area contributed by atoms with E-state index >= 15 is 0 Å². The van der Waals surface area contributed by atoms with Crippen LogP contribution in [-0.4, -0.2) is 22.7 Å². The zero-order valence-corrected chi connectivity index (χ0v) is 6.70. The second-order valence-electron chi connectivity index (χ2n) is 2.70. The molecule has 0 saturated carbocycles. The lowest BCUT2D eigenvalue weighted by atomic mass is 10.0. The van der Waals surface area contributed by atoms with Crippen LogP contribution in [0.4, 0.5) is 0 Å². The lowest BCUT2D eigenvalue weighted by Gasteiger charge is -2.14. The van der Waals surface area contributed by atoms with E-state index in [1.165, 1.54) is 0 Å². The maximum atomic E-state index is 10.6. The van der Waals surface area contributed by atoms with Crippen LogP contribution in [0.2, 0.25) is 0 Å². The summed E-state index contributed by atoms with van der Waals surface area (Å²) in [5, 5.41) is 12.3. The van der Waals surface area contributed by atoms with Gasteiger partial charge in [0.15, 0.2) is 0 Å². The molecule has 2 N–H and O–H groups in total. The number of hydrogen-bond donors (Lipinski definition) is 2. The first-order chi connectivity index (χ1) is 5.61. The second-order valence-corrected chi connectivity index (χ2v) is 2.70. The number of amides is 1. The molecule has 0 aromatic rings. The zero-order chi connectivity index (χ0) is 9.14. The lowest BCUT2D eigenvalue weighted by molar-refractivity contribution is -0.139. The summed E-state index contributed by atoms with van der Waals surface area (Å²) >= 11 is 0. The van der Waals surface area contributed by atoms with Gasteiger partial charge in [-0.05, 0) is 13.3 Å². The average molecular weight is 170 g/mol. The van der Waals surface area contributed by atoms with E-state index in [2.05, 4.69) is 10.5 Å². The standard InChI is InChI=1S/C7H10N2O3/c1-4(7(11)12)5-2-3-6(10)9-8-5/h4H,2-3H2,1H3,(H,9,10)(H,11,12). The van der Waals surface area contributed by atoms with Gasteiger partial charge >= 0.3 is 5.97 Å². The number of carboxylic acid groups (broad SMARTS) is 1. The van der Waals surface area contributed by atoms with Gasteiger partial charge in [0.05, 0.1) is 11.6 Å². The molecule has 66 valence electrons. The number of rotatable bonds is 2. The van der Waals surface area contributed by atoms with Gasteiger partial charge in [0.25, 0.3) is 0 Å². The molecule has 12 heavy (non-hydrogen) atoms. The predicted octanol–water partition coefficient (Wildman–Crippen LogP) is -0.0269. The molecule has 1 heterocycles. The van der Waals surface area contributed by atoms with E-state index in [1.54, 1.807) is 6.92 Å². The van der Waals surface area contributed by atoms with E-state index in [-0.39, 0.29) is 5.91 Å². The highest BCUT2D eigenvalue weighted by atomic mass is 16.4. The molecule has 0 aromatic carbocycles. The molecule has 5 heteroatoms. The summed E-state index contributed by atoms with van der Waals surface area (Å²) < 4.78 is 0. The number of carbonyl (C=O) groups is 2. The highest BCUT2D eigenvalue weighted by Gasteiger charge is 2.21. The third kappa shape index (κ3) is 1.81. The van der Waals surface area contributed by atoms with Crippen LogP contribution in [0.25, 0.3) is 0 Å².